The molecule has 0 radical (unpaired) electrons. The molecule has 1 unspecified atom stereocenters. The summed E-state index contributed by atoms with van der Waals surface area (Å²) in [5.41, 5.74) is 0. The van der Waals surface area contributed by atoms with Gasteiger partial charge in [0.2, 0.25) is 0 Å². The van der Waals surface area contributed by atoms with Gasteiger partial charge < -0.3 is 9.84 Å². The Hall–Kier alpha value is -1.16. The van der Waals surface area contributed by atoms with Gasteiger partial charge in [0.25, 0.3) is 0 Å². The van der Waals surface area contributed by atoms with Crippen LogP contribution in [0.1, 0.15) is 39.5 Å². The zero-order chi connectivity index (χ0) is 17.5. The van der Waals surface area contributed by atoms with E-state index in [1.54, 1.807) is 0 Å². The molecule has 1 aromatic rings. The number of carboxylic acids is 1. The molecule has 0 saturated heterocycles. The Balaban J connectivity index is 0.000000568. The summed E-state index contributed by atoms with van der Waals surface area (Å²) in [6.07, 6.45) is 5.99. The molecule has 0 aliphatic rings. The van der Waals surface area contributed by atoms with Gasteiger partial charge in [-0.25, -0.2) is 9.59 Å². The number of hydrogen-bond acceptors (Lipinski definition) is 3. The summed E-state index contributed by atoms with van der Waals surface area (Å²) in [5, 5.41) is 8.31. The molecule has 0 fully saturated rings. The van der Waals surface area contributed by atoms with Crippen LogP contribution < -0.4 is 3.07 Å². The molecule has 23 heavy (non-hydrogen) atoms. The summed E-state index contributed by atoms with van der Waals surface area (Å²) in [7, 11) is 0. The number of rotatable bonds is 8. The van der Waals surface area contributed by atoms with Gasteiger partial charge in [-0.3, -0.25) is 0 Å². The molecule has 0 heterocycles. The van der Waals surface area contributed by atoms with Crippen molar-refractivity contribution in [2.24, 2.45) is 5.92 Å². The number of carboxylic acid groups (broad SMARTS) is 1. The van der Waals surface area contributed by atoms with Crippen LogP contribution in [0.25, 0.3) is 0 Å². The normalized spacial score (nSPS) is 11.5. The first kappa shape index (κ1) is 21.8. The summed E-state index contributed by atoms with van der Waals surface area (Å²) >= 11 is 0.810. The molecule has 0 aromatic heterocycles. The number of esters is 1. The topological polar surface area (TPSA) is 63.6 Å². The maximum atomic E-state index is 11.1. The number of hydrogen-bond donors (Lipinski definition) is 1. The van der Waals surface area contributed by atoms with Gasteiger partial charge in [0, 0.05) is 12.2 Å². The van der Waals surface area contributed by atoms with Gasteiger partial charge in [-0.2, -0.15) is 0 Å². The number of ether oxygens (including phenoxy) is 1. The molecule has 0 spiro atoms. The third-order valence-electron chi connectivity index (χ3n) is 3.21. The second kappa shape index (κ2) is 14.4. The van der Waals surface area contributed by atoms with Gasteiger partial charge in [0.15, 0.2) is 0 Å². The zero-order valence-electron chi connectivity index (χ0n) is 14.0. The predicted molar refractivity (Wildman–Crippen MR) is 87.1 cm³/mol. The fourth-order valence-electron chi connectivity index (χ4n) is 1.76. The van der Waals surface area contributed by atoms with Crippen molar-refractivity contribution in [3.63, 3.8) is 0 Å². The quantitative estimate of drug-likeness (QED) is 0.335. The van der Waals surface area contributed by atoms with Crippen molar-refractivity contribution in [1.82, 2.24) is 0 Å². The van der Waals surface area contributed by atoms with Crippen LogP contribution in [0.5, 0.6) is 0 Å². The van der Waals surface area contributed by atoms with Crippen LogP contribution in [0.2, 0.25) is 0 Å². The summed E-state index contributed by atoms with van der Waals surface area (Å²) in [5.74, 6) is -1.35. The van der Waals surface area contributed by atoms with Crippen LogP contribution in [0.15, 0.2) is 42.5 Å². The van der Waals surface area contributed by atoms with Crippen LogP contribution in [0, 0.1) is 5.92 Å². The van der Waals surface area contributed by atoms with Crippen molar-refractivity contribution in [3.8, 4) is 0 Å². The monoisotopic (exact) mass is 507 g/mol. The zero-order valence-corrected chi connectivity index (χ0v) is 19.5. The van der Waals surface area contributed by atoms with Crippen LogP contribution in [-0.2, 0) is 40.4 Å². The second-order valence-electron chi connectivity index (χ2n) is 5.20. The van der Waals surface area contributed by atoms with E-state index in [0.717, 1.165) is 64.0 Å². The first-order valence-corrected chi connectivity index (χ1v) is 10.7. The summed E-state index contributed by atoms with van der Waals surface area (Å²) in [6, 6.07) is 10.6. The molecular weight excluding hydrogens is 481 g/mol. The van der Waals surface area contributed by atoms with E-state index in [4.69, 9.17) is 9.84 Å². The van der Waals surface area contributed by atoms with Gasteiger partial charge >= 0.3 is 71.5 Å². The molecule has 1 aromatic carbocycles. The summed E-state index contributed by atoms with van der Waals surface area (Å²) in [4.78, 5) is 21.2. The Bertz CT molecular complexity index is 471. The van der Waals surface area contributed by atoms with Crippen molar-refractivity contribution in [2.45, 2.75) is 39.5 Å². The molecule has 0 bridgehead atoms. The standard InChI is InChI=1S/C12H20O4.C6H5.Hg/c1-3-5-6-10(4-2)9-16-12(15)8-7-11(13)14;1-2-4-6-5-3-1;/h7-8,10H,3-6,9H2,1-2H3,(H,13,14);1-5H;/b8-7+;;. The van der Waals surface area contributed by atoms with E-state index in [-0.39, 0.29) is 0 Å². The van der Waals surface area contributed by atoms with E-state index >= 15 is 0 Å². The Morgan fingerprint density at radius 2 is 1.87 bits per heavy atom. The van der Waals surface area contributed by atoms with E-state index in [0.29, 0.717) is 12.5 Å². The maximum absolute atomic E-state index is 11.1. The van der Waals surface area contributed by atoms with Crippen molar-refractivity contribution in [1.29, 1.82) is 0 Å². The van der Waals surface area contributed by atoms with Crippen molar-refractivity contribution >= 4 is 15.0 Å². The number of benzene rings is 1. The fraction of sp³-hybridized carbons (Fsp3) is 0.444. The number of carbonyl (C=O) groups excluding carboxylic acids is 1. The van der Waals surface area contributed by atoms with E-state index in [2.05, 4.69) is 44.2 Å². The average Bonchev–Trinajstić information content (AvgIpc) is 2.54. The van der Waals surface area contributed by atoms with Gasteiger partial charge in [-0.1, -0.05) is 33.1 Å². The minimum absolute atomic E-state index is 0.374. The molecule has 1 atom stereocenters. The third kappa shape index (κ3) is 14.2. The number of aliphatic carboxylic acids is 1. The first-order valence-electron chi connectivity index (χ1n) is 7.94. The summed E-state index contributed by atoms with van der Waals surface area (Å²) < 4.78 is 6.47. The van der Waals surface area contributed by atoms with Crippen LogP contribution in [-0.4, -0.2) is 23.7 Å². The van der Waals surface area contributed by atoms with E-state index in [1.807, 2.05) is 0 Å². The average molecular weight is 506 g/mol. The van der Waals surface area contributed by atoms with E-state index in [9.17, 15) is 9.59 Å². The fourth-order valence-corrected chi connectivity index (χ4v) is 2.82. The second-order valence-corrected chi connectivity index (χ2v) is 8.38. The Kier molecular flexibility index (Phi) is 13.7. The molecule has 0 aliphatic heterocycles. The molecule has 1 rings (SSSR count). The molecule has 5 heteroatoms. The third-order valence-corrected chi connectivity index (χ3v) is 5.04. The van der Waals surface area contributed by atoms with E-state index in [1.165, 1.54) is 3.07 Å². The molecule has 0 amide bonds. The molecule has 4 nitrogen and oxygen atoms in total. The number of unbranched alkanes of at least 4 members (excludes halogenated alkanes) is 1. The van der Waals surface area contributed by atoms with Gasteiger partial charge in [0.05, 0.1) is 6.61 Å². The van der Waals surface area contributed by atoms with Crippen LogP contribution in [0.3, 0.4) is 0 Å². The summed E-state index contributed by atoms with van der Waals surface area (Å²) in [6.45, 7) is 4.55. The molecule has 0 aliphatic carbocycles. The van der Waals surface area contributed by atoms with Crippen LogP contribution in [0.4, 0.5) is 0 Å². The number of carbonyl (C=O) groups is 2. The minimum atomic E-state index is -1.14. The Morgan fingerprint density at radius 1 is 1.22 bits per heavy atom. The molecule has 0 saturated carbocycles. The predicted octanol–water partition coefficient (Wildman–Crippen LogP) is 3.25. The molecule has 1 N–H and O–H groups in total. The van der Waals surface area contributed by atoms with Crippen molar-refractivity contribution < 1.29 is 45.6 Å². The molecular formula is C18H25HgO4. The van der Waals surface area contributed by atoms with Gasteiger partial charge in [0.1, 0.15) is 0 Å². The van der Waals surface area contributed by atoms with Crippen molar-refractivity contribution in [3.05, 3.63) is 42.5 Å². The van der Waals surface area contributed by atoms with Gasteiger partial charge in [-0.05, 0) is 12.3 Å². The molecule has 123 valence electrons. The van der Waals surface area contributed by atoms with Crippen molar-refractivity contribution in [2.75, 3.05) is 6.61 Å². The van der Waals surface area contributed by atoms with Crippen LogP contribution >= 0.6 is 0 Å². The van der Waals surface area contributed by atoms with Gasteiger partial charge in [-0.15, -0.1) is 0 Å². The Labute approximate surface area is 154 Å². The SMILES string of the molecule is CCCCC(CC)COC(=O)/C=C/C(=O)O.[Hg][c]1ccccc1. The first-order chi connectivity index (χ1) is 11.0. The van der Waals surface area contributed by atoms with E-state index < -0.39 is 11.9 Å². The Morgan fingerprint density at radius 3 is 2.30 bits per heavy atom.